The quantitative estimate of drug-likeness (QED) is 0.834. The lowest BCUT2D eigenvalue weighted by Crippen LogP contribution is -1.84. The largest absolute Gasteiger partial charge is 0.495 e. The molecular weight excluding hydrogens is 266 g/mol. The Morgan fingerprint density at radius 1 is 1.11 bits per heavy atom. The van der Waals surface area contributed by atoms with Gasteiger partial charge < -0.3 is 4.74 Å². The Kier molecular flexibility index (Phi) is 4.14. The first kappa shape index (κ1) is 12.8. The minimum Gasteiger partial charge on any atom is -0.495 e. The van der Waals surface area contributed by atoms with Crippen LogP contribution in [0.4, 0.5) is 0 Å². The summed E-state index contributed by atoms with van der Waals surface area (Å²) in [4.78, 5) is 2.10. The molecule has 2 nitrogen and oxygen atoms in total. The van der Waals surface area contributed by atoms with E-state index in [0.29, 0.717) is 16.3 Å². The van der Waals surface area contributed by atoms with Gasteiger partial charge in [0.05, 0.1) is 23.8 Å². The Morgan fingerprint density at radius 3 is 2.33 bits per heavy atom. The number of benzene rings is 2. The van der Waals surface area contributed by atoms with Crippen molar-refractivity contribution >= 4 is 23.4 Å². The summed E-state index contributed by atoms with van der Waals surface area (Å²) in [5.74, 6) is 0.667. The smallest absolute Gasteiger partial charge is 0.137 e. The molecule has 2 aromatic carbocycles. The zero-order valence-electron chi connectivity index (χ0n) is 9.68. The van der Waals surface area contributed by atoms with Crippen LogP contribution in [0.25, 0.3) is 0 Å². The summed E-state index contributed by atoms with van der Waals surface area (Å²) < 4.78 is 5.10. The second kappa shape index (κ2) is 5.81. The molecule has 0 fully saturated rings. The zero-order valence-corrected chi connectivity index (χ0v) is 11.3. The number of rotatable bonds is 3. The van der Waals surface area contributed by atoms with Crippen LogP contribution >= 0.6 is 23.4 Å². The molecule has 0 unspecified atom stereocenters. The third-order valence-electron chi connectivity index (χ3n) is 2.34. The maximum atomic E-state index is 8.72. The van der Waals surface area contributed by atoms with Crippen molar-refractivity contribution in [2.24, 2.45) is 0 Å². The molecule has 4 heteroatoms. The number of nitriles is 1. The van der Waals surface area contributed by atoms with Crippen molar-refractivity contribution in [3.05, 3.63) is 53.1 Å². The predicted molar refractivity (Wildman–Crippen MR) is 73.3 cm³/mol. The van der Waals surface area contributed by atoms with Crippen LogP contribution in [0.3, 0.4) is 0 Å². The van der Waals surface area contributed by atoms with Gasteiger partial charge in [0.1, 0.15) is 5.75 Å². The molecule has 18 heavy (non-hydrogen) atoms. The molecule has 0 atom stereocenters. The van der Waals surface area contributed by atoms with Crippen molar-refractivity contribution < 1.29 is 4.74 Å². The SMILES string of the molecule is COc1ccc(Sc2ccc(C#N)cc2)cc1Cl. The summed E-state index contributed by atoms with van der Waals surface area (Å²) in [6.45, 7) is 0. The molecule has 0 amide bonds. The summed E-state index contributed by atoms with van der Waals surface area (Å²) >= 11 is 7.65. The number of methoxy groups -OCH3 is 1. The van der Waals surface area contributed by atoms with Crippen molar-refractivity contribution in [1.82, 2.24) is 0 Å². The molecule has 0 aliphatic rings. The lowest BCUT2D eigenvalue weighted by molar-refractivity contribution is 0.414. The van der Waals surface area contributed by atoms with Gasteiger partial charge in [-0.05, 0) is 42.5 Å². The fraction of sp³-hybridized carbons (Fsp3) is 0.0714. The fourth-order valence-electron chi connectivity index (χ4n) is 1.44. The molecule has 90 valence electrons. The highest BCUT2D eigenvalue weighted by atomic mass is 35.5. The minimum absolute atomic E-state index is 0.594. The zero-order chi connectivity index (χ0) is 13.0. The maximum absolute atomic E-state index is 8.72. The van der Waals surface area contributed by atoms with E-state index in [1.165, 1.54) is 0 Å². The van der Waals surface area contributed by atoms with Gasteiger partial charge in [-0.3, -0.25) is 0 Å². The molecule has 0 bridgehead atoms. The van der Waals surface area contributed by atoms with Gasteiger partial charge in [-0.1, -0.05) is 23.4 Å². The van der Waals surface area contributed by atoms with Gasteiger partial charge in [0, 0.05) is 9.79 Å². The van der Waals surface area contributed by atoms with E-state index in [0.717, 1.165) is 9.79 Å². The first-order chi connectivity index (χ1) is 8.72. The highest BCUT2D eigenvalue weighted by molar-refractivity contribution is 7.99. The van der Waals surface area contributed by atoms with Crippen molar-refractivity contribution in [3.8, 4) is 11.8 Å². The summed E-state index contributed by atoms with van der Waals surface area (Å²) in [5, 5.41) is 9.32. The lowest BCUT2D eigenvalue weighted by Gasteiger charge is -2.06. The van der Waals surface area contributed by atoms with Crippen LogP contribution in [0.5, 0.6) is 5.75 Å². The fourth-order valence-corrected chi connectivity index (χ4v) is 2.62. The average molecular weight is 276 g/mol. The highest BCUT2D eigenvalue weighted by Crippen LogP contribution is 2.33. The van der Waals surface area contributed by atoms with Crippen molar-refractivity contribution in [3.63, 3.8) is 0 Å². The molecule has 0 radical (unpaired) electrons. The standard InChI is InChI=1S/C14H10ClNOS/c1-17-14-7-6-12(8-13(14)15)18-11-4-2-10(9-16)3-5-11/h2-8H,1H3. The molecule has 2 rings (SSSR count). The molecule has 0 spiro atoms. The molecule has 0 saturated carbocycles. The third-order valence-corrected chi connectivity index (χ3v) is 3.64. The van der Waals surface area contributed by atoms with E-state index in [-0.39, 0.29) is 0 Å². The molecule has 2 aromatic rings. The Hall–Kier alpha value is -1.63. The van der Waals surface area contributed by atoms with Gasteiger partial charge in [-0.2, -0.15) is 5.26 Å². The van der Waals surface area contributed by atoms with E-state index in [1.807, 2.05) is 30.3 Å². The maximum Gasteiger partial charge on any atom is 0.137 e. The Morgan fingerprint density at radius 2 is 1.78 bits per heavy atom. The second-order valence-electron chi connectivity index (χ2n) is 3.53. The van der Waals surface area contributed by atoms with Gasteiger partial charge in [0.15, 0.2) is 0 Å². The Bertz CT molecular complexity index is 590. The molecular formula is C14H10ClNOS. The van der Waals surface area contributed by atoms with Gasteiger partial charge in [-0.25, -0.2) is 0 Å². The molecule has 0 heterocycles. The van der Waals surface area contributed by atoms with E-state index in [9.17, 15) is 0 Å². The van der Waals surface area contributed by atoms with E-state index in [1.54, 1.807) is 31.0 Å². The van der Waals surface area contributed by atoms with Gasteiger partial charge >= 0.3 is 0 Å². The van der Waals surface area contributed by atoms with E-state index in [4.69, 9.17) is 21.6 Å². The minimum atomic E-state index is 0.594. The summed E-state index contributed by atoms with van der Waals surface area (Å²) in [6, 6.07) is 15.2. The molecule has 0 aliphatic heterocycles. The highest BCUT2D eigenvalue weighted by Gasteiger charge is 2.03. The second-order valence-corrected chi connectivity index (χ2v) is 5.09. The van der Waals surface area contributed by atoms with Crippen LogP contribution in [0.15, 0.2) is 52.3 Å². The predicted octanol–water partition coefficient (Wildman–Crippen LogP) is 4.37. The molecule has 0 aromatic heterocycles. The number of ether oxygens (including phenoxy) is 1. The van der Waals surface area contributed by atoms with Crippen LogP contribution in [-0.2, 0) is 0 Å². The van der Waals surface area contributed by atoms with Crippen LogP contribution in [0, 0.1) is 11.3 Å². The number of nitrogens with zero attached hydrogens (tertiary/aromatic N) is 1. The summed E-state index contributed by atoms with van der Waals surface area (Å²) in [5.41, 5.74) is 0.659. The van der Waals surface area contributed by atoms with E-state index in [2.05, 4.69) is 6.07 Å². The Balaban J connectivity index is 2.18. The van der Waals surface area contributed by atoms with Gasteiger partial charge in [0.25, 0.3) is 0 Å². The normalized spacial score (nSPS) is 9.83. The van der Waals surface area contributed by atoms with E-state index >= 15 is 0 Å². The summed E-state index contributed by atoms with van der Waals surface area (Å²) in [7, 11) is 1.59. The average Bonchev–Trinajstić information content (AvgIpc) is 2.40. The van der Waals surface area contributed by atoms with Gasteiger partial charge in [-0.15, -0.1) is 0 Å². The van der Waals surface area contributed by atoms with Crippen LogP contribution < -0.4 is 4.74 Å². The van der Waals surface area contributed by atoms with Crippen molar-refractivity contribution in [2.75, 3.05) is 7.11 Å². The van der Waals surface area contributed by atoms with Gasteiger partial charge in [0.2, 0.25) is 0 Å². The lowest BCUT2D eigenvalue weighted by atomic mass is 10.2. The van der Waals surface area contributed by atoms with Crippen molar-refractivity contribution in [1.29, 1.82) is 5.26 Å². The number of hydrogen-bond donors (Lipinski definition) is 0. The molecule has 0 N–H and O–H groups in total. The van der Waals surface area contributed by atoms with E-state index < -0.39 is 0 Å². The summed E-state index contributed by atoms with van der Waals surface area (Å²) in [6.07, 6.45) is 0. The first-order valence-corrected chi connectivity index (χ1v) is 6.44. The monoisotopic (exact) mass is 275 g/mol. The van der Waals surface area contributed by atoms with Crippen LogP contribution in [-0.4, -0.2) is 7.11 Å². The Labute approximate surface area is 115 Å². The van der Waals surface area contributed by atoms with Crippen molar-refractivity contribution in [2.45, 2.75) is 9.79 Å². The first-order valence-electron chi connectivity index (χ1n) is 5.24. The van der Waals surface area contributed by atoms with Crippen LogP contribution in [0.1, 0.15) is 5.56 Å². The number of halogens is 1. The van der Waals surface area contributed by atoms with Crippen LogP contribution in [0.2, 0.25) is 5.02 Å². The topological polar surface area (TPSA) is 33.0 Å². The molecule has 0 saturated heterocycles. The molecule has 0 aliphatic carbocycles. The third kappa shape index (κ3) is 2.98. The number of hydrogen-bond acceptors (Lipinski definition) is 3.